The summed E-state index contributed by atoms with van der Waals surface area (Å²) in [5, 5.41) is 2.84. The van der Waals surface area contributed by atoms with Crippen molar-refractivity contribution in [2.24, 2.45) is 5.92 Å². The second kappa shape index (κ2) is 6.43. The van der Waals surface area contributed by atoms with Crippen LogP contribution in [0.15, 0.2) is 12.1 Å². The van der Waals surface area contributed by atoms with E-state index in [2.05, 4.69) is 38.2 Å². The van der Waals surface area contributed by atoms with Crippen LogP contribution in [-0.4, -0.2) is 19.1 Å². The van der Waals surface area contributed by atoms with Gasteiger partial charge in [0.1, 0.15) is 5.75 Å². The fourth-order valence-corrected chi connectivity index (χ4v) is 1.90. The Bertz CT molecular complexity index is 401. The van der Waals surface area contributed by atoms with E-state index in [-0.39, 0.29) is 12.5 Å². The van der Waals surface area contributed by atoms with Crippen molar-refractivity contribution in [2.75, 3.05) is 13.2 Å². The Morgan fingerprint density at radius 1 is 1.22 bits per heavy atom. The Kier molecular flexibility index (Phi) is 5.20. The third kappa shape index (κ3) is 4.40. The lowest BCUT2D eigenvalue weighted by Crippen LogP contribution is -2.31. The first-order valence-electron chi connectivity index (χ1n) is 6.37. The standard InChI is InChI=1S/C15H23NO2/c1-10(2)8-16-14(17)9-18-15-12(4)6-11(3)7-13(15)5/h6-7,10H,8-9H2,1-5H3,(H,16,17). The molecular weight excluding hydrogens is 226 g/mol. The molecule has 1 rings (SSSR count). The van der Waals surface area contributed by atoms with Crippen LogP contribution in [0.1, 0.15) is 30.5 Å². The summed E-state index contributed by atoms with van der Waals surface area (Å²) in [5.41, 5.74) is 3.36. The molecule has 3 heteroatoms. The highest BCUT2D eigenvalue weighted by molar-refractivity contribution is 5.77. The minimum atomic E-state index is -0.0666. The van der Waals surface area contributed by atoms with Gasteiger partial charge in [-0.1, -0.05) is 31.5 Å². The molecular formula is C15H23NO2. The van der Waals surface area contributed by atoms with Gasteiger partial charge in [0.15, 0.2) is 6.61 Å². The average Bonchev–Trinajstić information content (AvgIpc) is 2.24. The van der Waals surface area contributed by atoms with Crippen LogP contribution in [0.5, 0.6) is 5.75 Å². The number of nitrogens with one attached hydrogen (secondary N) is 1. The molecule has 3 nitrogen and oxygen atoms in total. The van der Waals surface area contributed by atoms with E-state index in [0.717, 1.165) is 16.9 Å². The maximum absolute atomic E-state index is 11.6. The van der Waals surface area contributed by atoms with Gasteiger partial charge in [-0.2, -0.15) is 0 Å². The van der Waals surface area contributed by atoms with Gasteiger partial charge in [0.05, 0.1) is 0 Å². The number of carbonyl (C=O) groups excluding carboxylic acids is 1. The molecule has 0 spiro atoms. The fourth-order valence-electron chi connectivity index (χ4n) is 1.90. The van der Waals surface area contributed by atoms with E-state index in [1.807, 2.05) is 13.8 Å². The summed E-state index contributed by atoms with van der Waals surface area (Å²) in [7, 11) is 0. The van der Waals surface area contributed by atoms with Crippen LogP contribution in [-0.2, 0) is 4.79 Å². The first-order valence-corrected chi connectivity index (χ1v) is 6.37. The third-order valence-electron chi connectivity index (χ3n) is 2.66. The van der Waals surface area contributed by atoms with Crippen LogP contribution < -0.4 is 10.1 Å². The van der Waals surface area contributed by atoms with E-state index >= 15 is 0 Å². The minimum Gasteiger partial charge on any atom is -0.483 e. The van der Waals surface area contributed by atoms with Crippen LogP contribution in [0, 0.1) is 26.7 Å². The quantitative estimate of drug-likeness (QED) is 0.871. The molecule has 0 saturated heterocycles. The molecule has 0 unspecified atom stereocenters. The van der Waals surface area contributed by atoms with Crippen molar-refractivity contribution in [2.45, 2.75) is 34.6 Å². The lowest BCUT2D eigenvalue weighted by atomic mass is 10.1. The number of rotatable bonds is 5. The first kappa shape index (κ1) is 14.6. The highest BCUT2D eigenvalue weighted by atomic mass is 16.5. The topological polar surface area (TPSA) is 38.3 Å². The van der Waals surface area contributed by atoms with Crippen LogP contribution in [0.4, 0.5) is 0 Å². The molecule has 0 aliphatic carbocycles. The monoisotopic (exact) mass is 249 g/mol. The first-order chi connectivity index (χ1) is 8.40. The highest BCUT2D eigenvalue weighted by Crippen LogP contribution is 2.24. The van der Waals surface area contributed by atoms with Crippen LogP contribution in [0.25, 0.3) is 0 Å². The van der Waals surface area contributed by atoms with E-state index in [0.29, 0.717) is 12.5 Å². The van der Waals surface area contributed by atoms with Crippen molar-refractivity contribution in [3.8, 4) is 5.75 Å². The van der Waals surface area contributed by atoms with Crippen molar-refractivity contribution in [1.29, 1.82) is 0 Å². The summed E-state index contributed by atoms with van der Waals surface area (Å²) < 4.78 is 5.60. The number of hydrogen-bond acceptors (Lipinski definition) is 2. The number of benzene rings is 1. The van der Waals surface area contributed by atoms with Crippen LogP contribution >= 0.6 is 0 Å². The zero-order chi connectivity index (χ0) is 13.7. The molecule has 0 atom stereocenters. The minimum absolute atomic E-state index is 0.0666. The molecule has 0 saturated carbocycles. The predicted molar refractivity (Wildman–Crippen MR) is 74.0 cm³/mol. The van der Waals surface area contributed by atoms with Crippen LogP contribution in [0.2, 0.25) is 0 Å². The molecule has 0 aliphatic rings. The summed E-state index contributed by atoms with van der Waals surface area (Å²) in [6.07, 6.45) is 0. The van der Waals surface area contributed by atoms with E-state index in [1.165, 1.54) is 5.56 Å². The van der Waals surface area contributed by atoms with Crippen LogP contribution in [0.3, 0.4) is 0 Å². The van der Waals surface area contributed by atoms with Gasteiger partial charge in [-0.3, -0.25) is 4.79 Å². The number of amides is 1. The van der Waals surface area contributed by atoms with Crippen molar-refractivity contribution < 1.29 is 9.53 Å². The molecule has 1 aromatic rings. The lowest BCUT2D eigenvalue weighted by molar-refractivity contribution is -0.123. The normalized spacial score (nSPS) is 10.6. The maximum atomic E-state index is 11.6. The molecule has 0 radical (unpaired) electrons. The Hall–Kier alpha value is -1.51. The second-order valence-electron chi connectivity index (χ2n) is 5.21. The molecule has 0 fully saturated rings. The Balaban J connectivity index is 2.56. The van der Waals surface area contributed by atoms with E-state index < -0.39 is 0 Å². The second-order valence-corrected chi connectivity index (χ2v) is 5.21. The third-order valence-corrected chi connectivity index (χ3v) is 2.66. The average molecular weight is 249 g/mol. The molecule has 0 aromatic heterocycles. The molecule has 0 bridgehead atoms. The van der Waals surface area contributed by atoms with Crippen molar-refractivity contribution in [1.82, 2.24) is 5.32 Å². The SMILES string of the molecule is Cc1cc(C)c(OCC(=O)NCC(C)C)c(C)c1. The van der Waals surface area contributed by atoms with Gasteiger partial charge in [0.2, 0.25) is 0 Å². The molecule has 1 aromatic carbocycles. The summed E-state index contributed by atoms with van der Waals surface area (Å²) in [6, 6.07) is 4.13. The number of carbonyl (C=O) groups is 1. The van der Waals surface area contributed by atoms with Gasteiger partial charge < -0.3 is 10.1 Å². The van der Waals surface area contributed by atoms with Gasteiger partial charge in [-0.25, -0.2) is 0 Å². The van der Waals surface area contributed by atoms with Crippen molar-refractivity contribution in [3.63, 3.8) is 0 Å². The van der Waals surface area contributed by atoms with E-state index in [9.17, 15) is 4.79 Å². The fraction of sp³-hybridized carbons (Fsp3) is 0.533. The Morgan fingerprint density at radius 2 is 1.78 bits per heavy atom. The zero-order valence-corrected chi connectivity index (χ0v) is 12.0. The molecule has 100 valence electrons. The van der Waals surface area contributed by atoms with Gasteiger partial charge in [-0.15, -0.1) is 0 Å². The highest BCUT2D eigenvalue weighted by Gasteiger charge is 2.08. The summed E-state index contributed by atoms with van der Waals surface area (Å²) in [6.45, 7) is 11.0. The number of hydrogen-bond donors (Lipinski definition) is 1. The molecule has 18 heavy (non-hydrogen) atoms. The molecule has 0 aliphatic heterocycles. The summed E-state index contributed by atoms with van der Waals surface area (Å²) in [4.78, 5) is 11.6. The van der Waals surface area contributed by atoms with E-state index in [4.69, 9.17) is 4.74 Å². The largest absolute Gasteiger partial charge is 0.483 e. The van der Waals surface area contributed by atoms with Gasteiger partial charge in [-0.05, 0) is 37.8 Å². The van der Waals surface area contributed by atoms with Crippen molar-refractivity contribution in [3.05, 3.63) is 28.8 Å². The van der Waals surface area contributed by atoms with Crippen molar-refractivity contribution >= 4 is 5.91 Å². The van der Waals surface area contributed by atoms with Gasteiger partial charge >= 0.3 is 0 Å². The number of aryl methyl sites for hydroxylation is 3. The smallest absolute Gasteiger partial charge is 0.257 e. The Labute approximate surface area is 110 Å². The molecule has 1 amide bonds. The Morgan fingerprint density at radius 3 is 2.28 bits per heavy atom. The number of ether oxygens (including phenoxy) is 1. The zero-order valence-electron chi connectivity index (χ0n) is 12.0. The van der Waals surface area contributed by atoms with Gasteiger partial charge in [0.25, 0.3) is 5.91 Å². The lowest BCUT2D eigenvalue weighted by Gasteiger charge is -2.13. The molecule has 1 N–H and O–H groups in total. The summed E-state index contributed by atoms with van der Waals surface area (Å²) in [5.74, 6) is 1.21. The van der Waals surface area contributed by atoms with E-state index in [1.54, 1.807) is 0 Å². The molecule has 0 heterocycles. The van der Waals surface area contributed by atoms with Gasteiger partial charge in [0, 0.05) is 6.54 Å². The maximum Gasteiger partial charge on any atom is 0.257 e. The summed E-state index contributed by atoms with van der Waals surface area (Å²) >= 11 is 0. The predicted octanol–water partition coefficient (Wildman–Crippen LogP) is 2.76.